The zero-order valence-electron chi connectivity index (χ0n) is 21.7. The van der Waals surface area contributed by atoms with Crippen LogP contribution in [0.5, 0.6) is 0 Å². The summed E-state index contributed by atoms with van der Waals surface area (Å²) in [7, 11) is 0. The van der Waals surface area contributed by atoms with Crippen molar-refractivity contribution in [3.8, 4) is 0 Å². The SMILES string of the molecule is CCC(C)NC(=O)c1ccc2c(=O)n(C(C)C)c3nn(CC(=O)NCc4ccc(C)cc4)c(=O)n3c2c1. The van der Waals surface area contributed by atoms with E-state index in [2.05, 4.69) is 15.7 Å². The Kier molecular flexibility index (Phi) is 7.28. The highest BCUT2D eigenvalue weighted by Crippen LogP contribution is 2.17. The molecule has 10 nitrogen and oxygen atoms in total. The molecule has 2 aromatic heterocycles. The second kappa shape index (κ2) is 10.4. The Morgan fingerprint density at radius 2 is 1.73 bits per heavy atom. The number of nitrogens with one attached hydrogen (secondary N) is 2. The van der Waals surface area contributed by atoms with Gasteiger partial charge in [0.1, 0.15) is 6.54 Å². The Morgan fingerprint density at radius 1 is 1.03 bits per heavy atom. The first-order valence-electron chi connectivity index (χ1n) is 12.4. The molecule has 0 spiro atoms. The molecular formula is C27H32N6O4. The molecule has 37 heavy (non-hydrogen) atoms. The van der Waals surface area contributed by atoms with Crippen LogP contribution in [0.3, 0.4) is 0 Å². The van der Waals surface area contributed by atoms with E-state index in [0.29, 0.717) is 12.1 Å². The summed E-state index contributed by atoms with van der Waals surface area (Å²) in [5.74, 6) is -0.570. The summed E-state index contributed by atoms with van der Waals surface area (Å²) in [6.45, 7) is 9.49. The Labute approximate surface area is 213 Å². The number of hydrogen-bond donors (Lipinski definition) is 2. The van der Waals surface area contributed by atoms with Gasteiger partial charge in [-0.3, -0.25) is 19.0 Å². The highest BCUT2D eigenvalue weighted by Gasteiger charge is 2.21. The van der Waals surface area contributed by atoms with Crippen LogP contribution in [0.15, 0.2) is 52.1 Å². The zero-order chi connectivity index (χ0) is 26.9. The van der Waals surface area contributed by atoms with Gasteiger partial charge in [0.2, 0.25) is 11.7 Å². The first-order valence-corrected chi connectivity index (χ1v) is 12.4. The van der Waals surface area contributed by atoms with E-state index in [1.54, 1.807) is 12.1 Å². The van der Waals surface area contributed by atoms with Crippen LogP contribution in [0.2, 0.25) is 0 Å². The number of carbonyl (C=O) groups is 2. The van der Waals surface area contributed by atoms with Crippen molar-refractivity contribution in [3.63, 3.8) is 0 Å². The van der Waals surface area contributed by atoms with E-state index in [4.69, 9.17) is 0 Å². The summed E-state index contributed by atoms with van der Waals surface area (Å²) < 4.78 is 3.76. The van der Waals surface area contributed by atoms with Gasteiger partial charge < -0.3 is 10.6 Å². The molecule has 2 aromatic carbocycles. The predicted octanol–water partition coefficient (Wildman–Crippen LogP) is 2.54. The fourth-order valence-electron chi connectivity index (χ4n) is 4.10. The molecule has 4 aromatic rings. The first-order chi connectivity index (χ1) is 17.6. The number of aromatic nitrogens is 4. The topological polar surface area (TPSA) is 120 Å². The van der Waals surface area contributed by atoms with Crippen molar-refractivity contribution in [1.82, 2.24) is 29.4 Å². The number of benzene rings is 2. The molecule has 4 rings (SSSR count). The van der Waals surface area contributed by atoms with Gasteiger partial charge in [-0.2, -0.15) is 0 Å². The van der Waals surface area contributed by atoms with E-state index in [1.807, 2.05) is 58.9 Å². The van der Waals surface area contributed by atoms with Crippen molar-refractivity contribution >= 4 is 28.5 Å². The van der Waals surface area contributed by atoms with E-state index in [9.17, 15) is 19.2 Å². The lowest BCUT2D eigenvalue weighted by molar-refractivity contribution is -0.122. The quantitative estimate of drug-likeness (QED) is 0.382. The van der Waals surface area contributed by atoms with Gasteiger partial charge in [0, 0.05) is 24.2 Å². The fraction of sp³-hybridized carbons (Fsp3) is 0.370. The minimum absolute atomic E-state index is 0.0268. The number of nitrogens with zero attached hydrogens (tertiary/aromatic N) is 4. The van der Waals surface area contributed by atoms with Crippen LogP contribution >= 0.6 is 0 Å². The molecule has 1 atom stereocenters. The largest absolute Gasteiger partial charge is 0.352 e. The minimum atomic E-state index is -0.570. The van der Waals surface area contributed by atoms with Crippen LogP contribution in [0.25, 0.3) is 16.7 Å². The maximum Gasteiger partial charge on any atom is 0.352 e. The van der Waals surface area contributed by atoms with Crippen molar-refractivity contribution in [3.05, 3.63) is 80.0 Å². The Bertz CT molecular complexity index is 1590. The lowest BCUT2D eigenvalue weighted by atomic mass is 10.1. The summed E-state index contributed by atoms with van der Waals surface area (Å²) in [6.07, 6.45) is 0.765. The molecule has 0 radical (unpaired) electrons. The highest BCUT2D eigenvalue weighted by atomic mass is 16.2. The molecule has 10 heteroatoms. The number of fused-ring (bicyclic) bond motifs is 3. The number of rotatable bonds is 8. The van der Waals surface area contributed by atoms with Gasteiger partial charge >= 0.3 is 5.69 Å². The second-order valence-corrected chi connectivity index (χ2v) is 9.62. The second-order valence-electron chi connectivity index (χ2n) is 9.62. The van der Waals surface area contributed by atoms with Crippen LogP contribution in [0, 0.1) is 6.92 Å². The van der Waals surface area contributed by atoms with Gasteiger partial charge in [0.05, 0.1) is 10.9 Å². The number of carbonyl (C=O) groups excluding carboxylic acids is 2. The summed E-state index contributed by atoms with van der Waals surface area (Å²) in [5, 5.41) is 10.3. The van der Waals surface area contributed by atoms with E-state index in [1.165, 1.54) is 15.0 Å². The standard InChI is InChI=1S/C27H32N6O4/c1-6-18(5)29-24(35)20-11-12-21-22(13-20)33-26(32(16(2)3)25(21)36)30-31(27(33)37)15-23(34)28-14-19-9-7-17(4)8-10-19/h7-13,16,18H,6,14-15H2,1-5H3,(H,28,34)(H,29,35). The zero-order valence-corrected chi connectivity index (χ0v) is 21.7. The number of hydrogen-bond acceptors (Lipinski definition) is 5. The molecule has 2 heterocycles. The van der Waals surface area contributed by atoms with Crippen molar-refractivity contribution in [2.45, 2.75) is 66.2 Å². The van der Waals surface area contributed by atoms with Gasteiger partial charge in [-0.25, -0.2) is 13.9 Å². The van der Waals surface area contributed by atoms with Crippen LogP contribution < -0.4 is 21.9 Å². The van der Waals surface area contributed by atoms with Crippen LogP contribution in [0.1, 0.15) is 61.6 Å². The molecule has 0 bridgehead atoms. The van der Waals surface area contributed by atoms with E-state index in [-0.39, 0.29) is 52.7 Å². The van der Waals surface area contributed by atoms with E-state index >= 15 is 0 Å². The summed E-state index contributed by atoms with van der Waals surface area (Å²) in [6, 6.07) is 12.1. The van der Waals surface area contributed by atoms with Crippen molar-refractivity contribution in [2.75, 3.05) is 0 Å². The Hall–Kier alpha value is -4.21. The average Bonchev–Trinajstić information content (AvgIpc) is 3.18. The number of amides is 2. The third kappa shape index (κ3) is 5.18. The smallest absolute Gasteiger partial charge is 0.350 e. The number of aryl methyl sites for hydroxylation is 1. The maximum absolute atomic E-state index is 13.4. The summed E-state index contributed by atoms with van der Waals surface area (Å²) in [5.41, 5.74) is 1.75. The third-order valence-corrected chi connectivity index (χ3v) is 6.40. The van der Waals surface area contributed by atoms with Crippen molar-refractivity contribution in [1.29, 1.82) is 0 Å². The van der Waals surface area contributed by atoms with Gasteiger partial charge in [-0.05, 0) is 57.9 Å². The molecular weight excluding hydrogens is 472 g/mol. The average molecular weight is 505 g/mol. The van der Waals surface area contributed by atoms with Gasteiger partial charge in [0.25, 0.3) is 11.5 Å². The molecule has 0 saturated carbocycles. The molecule has 0 fully saturated rings. The molecule has 0 aliphatic rings. The molecule has 0 aliphatic heterocycles. The highest BCUT2D eigenvalue weighted by molar-refractivity contribution is 5.98. The van der Waals surface area contributed by atoms with Crippen LogP contribution in [-0.2, 0) is 17.9 Å². The van der Waals surface area contributed by atoms with Crippen LogP contribution in [-0.4, -0.2) is 36.6 Å². The molecule has 1 unspecified atom stereocenters. The molecule has 0 saturated heterocycles. The molecule has 2 N–H and O–H groups in total. The van der Waals surface area contributed by atoms with Gasteiger partial charge in [-0.1, -0.05) is 36.8 Å². The van der Waals surface area contributed by atoms with Crippen molar-refractivity contribution in [2.24, 2.45) is 0 Å². The monoisotopic (exact) mass is 504 g/mol. The fourth-order valence-corrected chi connectivity index (χ4v) is 4.10. The van der Waals surface area contributed by atoms with E-state index in [0.717, 1.165) is 22.2 Å². The maximum atomic E-state index is 13.4. The molecule has 194 valence electrons. The molecule has 0 aliphatic carbocycles. The summed E-state index contributed by atoms with van der Waals surface area (Å²) >= 11 is 0. The lowest BCUT2D eigenvalue weighted by Gasteiger charge is -2.14. The van der Waals surface area contributed by atoms with Gasteiger partial charge in [0.15, 0.2) is 0 Å². The summed E-state index contributed by atoms with van der Waals surface area (Å²) in [4.78, 5) is 52.2. The van der Waals surface area contributed by atoms with Gasteiger partial charge in [-0.15, -0.1) is 5.10 Å². The van der Waals surface area contributed by atoms with Crippen LogP contribution in [0.4, 0.5) is 0 Å². The Morgan fingerprint density at radius 3 is 2.38 bits per heavy atom. The van der Waals surface area contributed by atoms with Crippen molar-refractivity contribution < 1.29 is 9.59 Å². The molecule has 2 amide bonds. The first kappa shape index (κ1) is 25.9. The minimum Gasteiger partial charge on any atom is -0.350 e. The Balaban J connectivity index is 1.75. The lowest BCUT2D eigenvalue weighted by Crippen LogP contribution is -2.33. The third-order valence-electron chi connectivity index (χ3n) is 6.40. The predicted molar refractivity (Wildman–Crippen MR) is 142 cm³/mol. The van der Waals surface area contributed by atoms with E-state index < -0.39 is 5.69 Å². The normalized spacial score (nSPS) is 12.3.